The van der Waals surface area contributed by atoms with E-state index in [9.17, 15) is 0 Å². The molecule has 2 aromatic carbocycles. The van der Waals surface area contributed by atoms with E-state index >= 15 is 0 Å². The van der Waals surface area contributed by atoms with Gasteiger partial charge in [0.1, 0.15) is 0 Å². The Morgan fingerprint density at radius 1 is 0.414 bits per heavy atom. The van der Waals surface area contributed by atoms with Crippen LogP contribution in [0, 0.1) is 0 Å². The fourth-order valence-corrected chi connectivity index (χ4v) is 11.0. The highest BCUT2D eigenvalue weighted by Crippen LogP contribution is 2.44. The van der Waals surface area contributed by atoms with E-state index in [0.717, 1.165) is 52.1 Å². The molecule has 0 spiro atoms. The van der Waals surface area contributed by atoms with Crippen LogP contribution in [0.3, 0.4) is 0 Å². The van der Waals surface area contributed by atoms with Gasteiger partial charge in [-0.3, -0.25) is 0 Å². The molecule has 0 N–H and O–H groups in total. The van der Waals surface area contributed by atoms with Crippen molar-refractivity contribution in [1.82, 2.24) is 0 Å². The summed E-state index contributed by atoms with van der Waals surface area (Å²) in [5.41, 5.74) is 6.44. The SMILES string of the molecule is CCCCCCc1cc(-c2ccc(/C=C/c3ccc(-c4ccc(CCOCCOCCCC)s4)cc3)cc2)sc1-c1ccc(-c2ccc(CCOCCOCC)s2)s1. The molecule has 0 fully saturated rings. The summed E-state index contributed by atoms with van der Waals surface area (Å²) in [6, 6.07) is 34.1. The van der Waals surface area contributed by atoms with Gasteiger partial charge in [0.2, 0.25) is 0 Å². The van der Waals surface area contributed by atoms with E-state index < -0.39 is 0 Å². The number of aryl methyl sites for hydroxylation is 1. The Morgan fingerprint density at radius 3 is 1.59 bits per heavy atom. The van der Waals surface area contributed by atoms with E-state index in [0.29, 0.717) is 26.4 Å². The zero-order chi connectivity index (χ0) is 40.2. The lowest BCUT2D eigenvalue weighted by atomic mass is 10.0. The smallest absolute Gasteiger partial charge is 0.0700 e. The summed E-state index contributed by atoms with van der Waals surface area (Å²) in [4.78, 5) is 10.9. The van der Waals surface area contributed by atoms with Crippen molar-refractivity contribution in [1.29, 1.82) is 0 Å². The Kier molecular flexibility index (Phi) is 19.0. The number of unbranched alkanes of at least 4 members (excludes halogenated alkanes) is 4. The molecular formula is C50H60O4S4. The average Bonchev–Trinajstić information content (AvgIpc) is 4.09. The molecule has 4 nitrogen and oxygen atoms in total. The zero-order valence-corrected chi connectivity index (χ0v) is 37.9. The molecule has 0 saturated heterocycles. The number of rotatable bonds is 27. The van der Waals surface area contributed by atoms with Crippen molar-refractivity contribution in [3.63, 3.8) is 0 Å². The fraction of sp³-hybridized carbons (Fsp3) is 0.400. The first-order valence-electron chi connectivity index (χ1n) is 21.2. The molecule has 0 aliphatic heterocycles. The van der Waals surface area contributed by atoms with Gasteiger partial charge in [0.05, 0.1) is 39.6 Å². The van der Waals surface area contributed by atoms with Crippen molar-refractivity contribution in [2.45, 2.75) is 78.6 Å². The van der Waals surface area contributed by atoms with E-state index in [1.807, 2.05) is 52.3 Å². The minimum Gasteiger partial charge on any atom is -0.379 e. The number of thiophene rings is 4. The predicted molar refractivity (Wildman–Crippen MR) is 254 cm³/mol. The highest BCUT2D eigenvalue weighted by molar-refractivity contribution is 7.27. The Morgan fingerprint density at radius 2 is 0.948 bits per heavy atom. The van der Waals surface area contributed by atoms with Gasteiger partial charge in [0, 0.05) is 65.1 Å². The first kappa shape index (κ1) is 44.4. The molecule has 0 aliphatic rings. The van der Waals surface area contributed by atoms with E-state index in [4.69, 9.17) is 18.9 Å². The molecular weight excluding hydrogens is 793 g/mol. The standard InChI is InChI=1S/C50H60O4S4/c1-4-7-9-10-11-42-37-49(58-50(42)48-27-26-47(57-48)46-25-23-44(56-46)29-32-53-34-33-51-6-3)41-20-16-39(17-21-41)13-12-38-14-18-40(19-15-38)45-24-22-43(55-45)28-31-54-36-35-52-30-8-5-2/h12-27,37H,4-11,28-36H2,1-3H3/b13-12+. The summed E-state index contributed by atoms with van der Waals surface area (Å²) >= 11 is 7.62. The lowest BCUT2D eigenvalue weighted by Crippen LogP contribution is -2.07. The molecule has 0 radical (unpaired) electrons. The Labute approximate surface area is 363 Å². The van der Waals surface area contributed by atoms with E-state index in [1.165, 1.54) is 98.9 Å². The third-order valence-corrected chi connectivity index (χ3v) is 15.0. The van der Waals surface area contributed by atoms with Crippen LogP contribution in [0.25, 0.3) is 52.5 Å². The second kappa shape index (κ2) is 24.8. The maximum Gasteiger partial charge on any atom is 0.0700 e. The first-order valence-corrected chi connectivity index (χ1v) is 24.5. The summed E-state index contributed by atoms with van der Waals surface area (Å²) in [7, 11) is 0. The van der Waals surface area contributed by atoms with Gasteiger partial charge in [0.15, 0.2) is 0 Å². The molecule has 8 heteroatoms. The molecule has 0 unspecified atom stereocenters. The predicted octanol–water partition coefficient (Wildman–Crippen LogP) is 14.9. The first-order chi connectivity index (χ1) is 28.6. The van der Waals surface area contributed by atoms with Crippen LogP contribution in [-0.2, 0) is 38.2 Å². The topological polar surface area (TPSA) is 36.9 Å². The second-order valence-corrected chi connectivity index (χ2v) is 18.9. The molecule has 0 aliphatic carbocycles. The van der Waals surface area contributed by atoms with Gasteiger partial charge in [0.25, 0.3) is 0 Å². The largest absolute Gasteiger partial charge is 0.379 e. The van der Waals surface area contributed by atoms with Crippen LogP contribution >= 0.6 is 45.3 Å². The normalized spacial score (nSPS) is 11.7. The molecule has 308 valence electrons. The molecule has 0 atom stereocenters. The van der Waals surface area contributed by atoms with Crippen LogP contribution in [0.15, 0.2) is 91.0 Å². The summed E-state index contributed by atoms with van der Waals surface area (Å²) in [6.45, 7) is 12.2. The Hall–Kier alpha value is -3.18. The van der Waals surface area contributed by atoms with Crippen molar-refractivity contribution in [3.8, 4) is 40.4 Å². The van der Waals surface area contributed by atoms with Gasteiger partial charge in [-0.2, -0.15) is 0 Å². The molecule has 0 saturated carbocycles. The summed E-state index contributed by atoms with van der Waals surface area (Å²) in [6.07, 6.45) is 14.8. The van der Waals surface area contributed by atoms with Crippen LogP contribution in [0.1, 0.15) is 85.7 Å². The van der Waals surface area contributed by atoms with Crippen LogP contribution in [0.5, 0.6) is 0 Å². The highest BCUT2D eigenvalue weighted by Gasteiger charge is 2.16. The molecule has 6 aromatic rings. The van der Waals surface area contributed by atoms with Crippen LogP contribution in [-0.4, -0.2) is 52.9 Å². The lowest BCUT2D eigenvalue weighted by molar-refractivity contribution is 0.0480. The molecule has 0 bridgehead atoms. The minimum absolute atomic E-state index is 0.659. The Balaban J connectivity index is 1.04. The average molecular weight is 853 g/mol. The van der Waals surface area contributed by atoms with Gasteiger partial charge >= 0.3 is 0 Å². The number of ether oxygens (including phenoxy) is 4. The van der Waals surface area contributed by atoms with E-state index in [-0.39, 0.29) is 0 Å². The third-order valence-electron chi connectivity index (χ3n) is 9.94. The van der Waals surface area contributed by atoms with Gasteiger partial charge in [-0.15, -0.1) is 45.3 Å². The van der Waals surface area contributed by atoms with Crippen molar-refractivity contribution >= 4 is 57.5 Å². The molecule has 6 rings (SSSR count). The van der Waals surface area contributed by atoms with Crippen LogP contribution in [0.2, 0.25) is 0 Å². The maximum absolute atomic E-state index is 5.78. The van der Waals surface area contributed by atoms with E-state index in [1.54, 1.807) is 0 Å². The van der Waals surface area contributed by atoms with Gasteiger partial charge < -0.3 is 18.9 Å². The molecule has 4 heterocycles. The highest BCUT2D eigenvalue weighted by atomic mass is 32.1. The van der Waals surface area contributed by atoms with Crippen molar-refractivity contribution in [2.24, 2.45) is 0 Å². The van der Waals surface area contributed by atoms with Gasteiger partial charge in [-0.05, 0) is 96.5 Å². The van der Waals surface area contributed by atoms with Crippen LogP contribution < -0.4 is 0 Å². The number of hydrogen-bond donors (Lipinski definition) is 0. The summed E-state index contributed by atoms with van der Waals surface area (Å²) in [5, 5.41) is 0. The van der Waals surface area contributed by atoms with Crippen molar-refractivity contribution in [2.75, 3.05) is 52.9 Å². The van der Waals surface area contributed by atoms with Gasteiger partial charge in [-0.1, -0.05) is 100 Å². The van der Waals surface area contributed by atoms with Crippen molar-refractivity contribution in [3.05, 3.63) is 117 Å². The summed E-state index contributed by atoms with van der Waals surface area (Å²) in [5.74, 6) is 0. The fourth-order valence-electron chi connectivity index (χ4n) is 6.60. The summed E-state index contributed by atoms with van der Waals surface area (Å²) < 4.78 is 22.5. The van der Waals surface area contributed by atoms with Gasteiger partial charge in [-0.25, -0.2) is 0 Å². The minimum atomic E-state index is 0.659. The molecule has 4 aromatic heterocycles. The number of hydrogen-bond acceptors (Lipinski definition) is 8. The lowest BCUT2D eigenvalue weighted by Gasteiger charge is -2.04. The van der Waals surface area contributed by atoms with E-state index in [2.05, 4.69) is 117 Å². The number of benzene rings is 2. The zero-order valence-electron chi connectivity index (χ0n) is 34.6. The van der Waals surface area contributed by atoms with Crippen LogP contribution in [0.4, 0.5) is 0 Å². The second-order valence-electron chi connectivity index (χ2n) is 14.4. The third kappa shape index (κ3) is 14.0. The quantitative estimate of drug-likeness (QED) is 0.0382. The monoisotopic (exact) mass is 852 g/mol. The Bertz CT molecular complexity index is 2060. The molecule has 58 heavy (non-hydrogen) atoms. The maximum atomic E-state index is 5.78. The van der Waals surface area contributed by atoms with Crippen molar-refractivity contribution < 1.29 is 18.9 Å². The molecule has 0 amide bonds.